The van der Waals surface area contributed by atoms with Gasteiger partial charge < -0.3 is 4.57 Å². The highest BCUT2D eigenvalue weighted by atomic mass is 15.0. The van der Waals surface area contributed by atoms with Crippen molar-refractivity contribution in [2.75, 3.05) is 0 Å². The molecule has 0 saturated heterocycles. The van der Waals surface area contributed by atoms with Crippen LogP contribution in [0, 0.1) is 0 Å². The first-order valence-electron chi connectivity index (χ1n) is 5.33. The van der Waals surface area contributed by atoms with Crippen molar-refractivity contribution in [1.29, 1.82) is 0 Å². The lowest BCUT2D eigenvalue weighted by molar-refractivity contribution is -0.683. The Morgan fingerprint density at radius 1 is 1.29 bits per heavy atom. The summed E-state index contributed by atoms with van der Waals surface area (Å²) in [4.78, 5) is 0. The van der Waals surface area contributed by atoms with Gasteiger partial charge in [-0.1, -0.05) is 6.92 Å². The van der Waals surface area contributed by atoms with Crippen molar-refractivity contribution in [3.8, 4) is 11.3 Å². The zero-order valence-electron chi connectivity index (χ0n) is 8.90. The average molecular weight is 189 g/mol. The molecule has 0 aromatic heterocycles. The van der Waals surface area contributed by atoms with Crippen LogP contribution in [0.25, 0.3) is 11.3 Å². The number of hydrogen-bond donors (Lipinski definition) is 0. The van der Waals surface area contributed by atoms with Crippen molar-refractivity contribution in [3.63, 3.8) is 0 Å². The van der Waals surface area contributed by atoms with Gasteiger partial charge in [-0.25, -0.2) is 0 Å². The standard InChI is InChI=1S/C12H17N2/c1-3-7-14-9-5-11-10-13(4-2)8-6-12(11)14/h5-6,8-10H,3-4,7H2,1-2H3/q+1. The van der Waals surface area contributed by atoms with Crippen LogP contribution in [-0.4, -0.2) is 4.57 Å². The lowest BCUT2D eigenvalue weighted by Crippen LogP contribution is -2.32. The molecule has 2 aliphatic rings. The van der Waals surface area contributed by atoms with Crippen LogP contribution in [0.2, 0.25) is 0 Å². The molecule has 0 radical (unpaired) electrons. The van der Waals surface area contributed by atoms with Crippen LogP contribution in [0.5, 0.6) is 0 Å². The Kier molecular flexibility index (Phi) is 2.53. The maximum Gasteiger partial charge on any atom is 0.215 e. The second kappa shape index (κ2) is 3.82. The fraction of sp³-hybridized carbons (Fsp3) is 0.417. The van der Waals surface area contributed by atoms with Gasteiger partial charge in [0.25, 0.3) is 0 Å². The van der Waals surface area contributed by atoms with Gasteiger partial charge in [0.1, 0.15) is 6.54 Å². The molecule has 2 heterocycles. The van der Waals surface area contributed by atoms with Crippen LogP contribution in [0.15, 0.2) is 30.7 Å². The second-order valence-corrected chi connectivity index (χ2v) is 3.62. The second-order valence-electron chi connectivity index (χ2n) is 3.62. The fourth-order valence-electron chi connectivity index (χ4n) is 1.82. The molecular formula is C12H17N2+. The average Bonchev–Trinajstić information content (AvgIpc) is 2.61. The van der Waals surface area contributed by atoms with Crippen molar-refractivity contribution in [2.45, 2.75) is 33.4 Å². The summed E-state index contributed by atoms with van der Waals surface area (Å²) in [5, 5.41) is 0. The molecule has 0 aromatic carbocycles. The molecule has 2 heteroatoms. The number of rotatable bonds is 3. The summed E-state index contributed by atoms with van der Waals surface area (Å²) in [5.74, 6) is 0. The number of aromatic nitrogens is 2. The number of aryl methyl sites for hydroxylation is 2. The molecule has 0 amide bonds. The maximum absolute atomic E-state index is 2.31. The number of nitrogens with zero attached hydrogens (tertiary/aromatic N) is 2. The lowest BCUT2D eigenvalue weighted by atomic mass is 10.2. The summed E-state index contributed by atoms with van der Waals surface area (Å²) in [7, 11) is 0. The molecule has 2 nitrogen and oxygen atoms in total. The van der Waals surface area contributed by atoms with Gasteiger partial charge in [0.05, 0.1) is 5.56 Å². The summed E-state index contributed by atoms with van der Waals surface area (Å²) < 4.78 is 4.52. The minimum atomic E-state index is 1.04. The van der Waals surface area contributed by atoms with E-state index in [0.717, 1.165) is 13.1 Å². The fourth-order valence-corrected chi connectivity index (χ4v) is 1.82. The van der Waals surface area contributed by atoms with E-state index >= 15 is 0 Å². The van der Waals surface area contributed by atoms with E-state index in [2.05, 4.69) is 53.7 Å². The predicted molar refractivity (Wildman–Crippen MR) is 57.2 cm³/mol. The molecule has 0 fully saturated rings. The van der Waals surface area contributed by atoms with Gasteiger partial charge in [0.15, 0.2) is 6.20 Å². The third-order valence-corrected chi connectivity index (χ3v) is 2.60. The number of fused-ring (bicyclic) bond motifs is 1. The molecule has 0 bridgehead atoms. The Labute approximate surface area is 85.1 Å². The van der Waals surface area contributed by atoms with Crippen molar-refractivity contribution in [1.82, 2.24) is 4.57 Å². The smallest absolute Gasteiger partial charge is 0.215 e. The van der Waals surface area contributed by atoms with Gasteiger partial charge in [0, 0.05) is 37.5 Å². The summed E-state index contributed by atoms with van der Waals surface area (Å²) in [5.41, 5.74) is 2.68. The largest absolute Gasteiger partial charge is 0.353 e. The zero-order chi connectivity index (χ0) is 9.97. The van der Waals surface area contributed by atoms with Crippen molar-refractivity contribution < 1.29 is 4.57 Å². The first-order valence-corrected chi connectivity index (χ1v) is 5.33. The molecule has 14 heavy (non-hydrogen) atoms. The highest BCUT2D eigenvalue weighted by Crippen LogP contribution is 2.17. The summed E-state index contributed by atoms with van der Waals surface area (Å²) in [6.45, 7) is 6.52. The number of hydrogen-bond acceptors (Lipinski definition) is 0. The molecule has 0 spiro atoms. The Balaban J connectivity index is 2.42. The van der Waals surface area contributed by atoms with E-state index in [1.54, 1.807) is 0 Å². The van der Waals surface area contributed by atoms with E-state index in [4.69, 9.17) is 0 Å². The molecule has 0 atom stereocenters. The van der Waals surface area contributed by atoms with Crippen LogP contribution in [0.1, 0.15) is 20.3 Å². The first-order chi connectivity index (χ1) is 6.85. The summed E-state index contributed by atoms with van der Waals surface area (Å²) in [6.07, 6.45) is 7.72. The van der Waals surface area contributed by atoms with Crippen LogP contribution in [-0.2, 0) is 13.1 Å². The SMILES string of the molecule is CCC[n+]1ccc2cn(CC)ccc1-2. The minimum Gasteiger partial charge on any atom is -0.353 e. The highest BCUT2D eigenvalue weighted by Gasteiger charge is 2.15. The molecule has 0 aliphatic carbocycles. The Bertz CT molecular complexity index is 390. The third kappa shape index (κ3) is 1.52. The van der Waals surface area contributed by atoms with Crippen molar-refractivity contribution in [3.05, 3.63) is 30.7 Å². The lowest BCUT2D eigenvalue weighted by Gasteiger charge is -2.03. The normalized spacial score (nSPS) is 11.0. The van der Waals surface area contributed by atoms with E-state index in [9.17, 15) is 0 Å². The maximum atomic E-state index is 2.31. The van der Waals surface area contributed by atoms with Crippen LogP contribution in [0.3, 0.4) is 0 Å². The van der Waals surface area contributed by atoms with E-state index in [1.165, 1.54) is 17.7 Å². The topological polar surface area (TPSA) is 8.81 Å². The quantitative estimate of drug-likeness (QED) is 0.655. The Morgan fingerprint density at radius 2 is 2.14 bits per heavy atom. The Morgan fingerprint density at radius 3 is 2.86 bits per heavy atom. The van der Waals surface area contributed by atoms with Gasteiger partial charge in [0.2, 0.25) is 5.69 Å². The number of pyridine rings is 1. The van der Waals surface area contributed by atoms with Crippen LogP contribution in [0.4, 0.5) is 0 Å². The molecule has 0 N–H and O–H groups in total. The third-order valence-electron chi connectivity index (χ3n) is 2.60. The van der Waals surface area contributed by atoms with Gasteiger partial charge in [-0.2, -0.15) is 4.57 Å². The van der Waals surface area contributed by atoms with Crippen LogP contribution < -0.4 is 4.57 Å². The molecule has 74 valence electrons. The van der Waals surface area contributed by atoms with Crippen LogP contribution >= 0.6 is 0 Å². The highest BCUT2D eigenvalue weighted by molar-refractivity contribution is 5.55. The first kappa shape index (κ1) is 9.25. The van der Waals surface area contributed by atoms with E-state index in [0.29, 0.717) is 0 Å². The summed E-state index contributed by atoms with van der Waals surface area (Å²) >= 11 is 0. The van der Waals surface area contributed by atoms with Gasteiger partial charge in [-0.05, 0) is 6.92 Å². The Hall–Kier alpha value is -1.31. The molecule has 2 rings (SSSR count). The molecule has 0 aromatic rings. The molecule has 0 unspecified atom stereocenters. The molecule has 2 aliphatic heterocycles. The van der Waals surface area contributed by atoms with E-state index in [-0.39, 0.29) is 0 Å². The van der Waals surface area contributed by atoms with E-state index < -0.39 is 0 Å². The molecule has 0 saturated carbocycles. The minimum absolute atomic E-state index is 1.04. The predicted octanol–water partition coefficient (Wildman–Crippen LogP) is 2.31. The monoisotopic (exact) mass is 189 g/mol. The van der Waals surface area contributed by atoms with E-state index in [1.807, 2.05) is 0 Å². The van der Waals surface area contributed by atoms with Gasteiger partial charge >= 0.3 is 0 Å². The molecular weight excluding hydrogens is 172 g/mol. The summed E-state index contributed by atoms with van der Waals surface area (Å²) in [6, 6.07) is 4.39. The van der Waals surface area contributed by atoms with Gasteiger partial charge in [-0.3, -0.25) is 0 Å². The van der Waals surface area contributed by atoms with Crippen molar-refractivity contribution >= 4 is 0 Å². The van der Waals surface area contributed by atoms with Gasteiger partial charge in [-0.15, -0.1) is 0 Å². The zero-order valence-corrected chi connectivity index (χ0v) is 8.90. The van der Waals surface area contributed by atoms with Crippen molar-refractivity contribution in [2.24, 2.45) is 0 Å².